The number of benzene rings is 1. The highest BCUT2D eigenvalue weighted by Crippen LogP contribution is 2.42. The summed E-state index contributed by atoms with van der Waals surface area (Å²) in [7, 11) is 0. The average molecular weight is 340 g/mol. The van der Waals surface area contributed by atoms with Gasteiger partial charge in [0.05, 0.1) is 12.7 Å². The van der Waals surface area contributed by atoms with Crippen molar-refractivity contribution in [2.45, 2.75) is 46.5 Å². The minimum Gasteiger partial charge on any atom is -0.482 e. The molecule has 3 rings (SSSR count). The number of fused-ring (bicyclic) bond motifs is 2. The van der Waals surface area contributed by atoms with E-state index in [0.29, 0.717) is 36.5 Å². The zero-order chi connectivity index (χ0) is 17.8. The minimum absolute atomic E-state index is 0.225. The molecule has 1 aromatic carbocycles. The molecule has 0 fully saturated rings. The molecule has 1 aliphatic rings. The highest BCUT2D eigenvalue weighted by Gasteiger charge is 2.25. The van der Waals surface area contributed by atoms with Gasteiger partial charge in [-0.2, -0.15) is 0 Å². The van der Waals surface area contributed by atoms with E-state index in [1.165, 1.54) is 11.1 Å². The van der Waals surface area contributed by atoms with Crippen molar-refractivity contribution in [1.29, 1.82) is 0 Å². The van der Waals surface area contributed by atoms with Crippen LogP contribution in [0.4, 0.5) is 0 Å². The lowest BCUT2D eigenvalue weighted by atomic mass is 10.0. The molecule has 132 valence electrons. The van der Waals surface area contributed by atoms with Crippen LogP contribution in [0.25, 0.3) is 11.0 Å². The van der Waals surface area contributed by atoms with Gasteiger partial charge in [-0.15, -0.1) is 0 Å². The number of rotatable bonds is 6. The van der Waals surface area contributed by atoms with Gasteiger partial charge in [-0.3, -0.25) is 4.79 Å². The van der Waals surface area contributed by atoms with Crippen molar-refractivity contribution < 1.29 is 18.7 Å². The zero-order valence-electron chi connectivity index (χ0n) is 15.1. The van der Waals surface area contributed by atoms with E-state index in [4.69, 9.17) is 13.9 Å². The van der Waals surface area contributed by atoms with Crippen molar-refractivity contribution in [3.63, 3.8) is 0 Å². The van der Waals surface area contributed by atoms with Crippen molar-refractivity contribution in [2.24, 2.45) is 0 Å². The van der Waals surface area contributed by atoms with Gasteiger partial charge in [0.1, 0.15) is 6.61 Å². The Morgan fingerprint density at radius 1 is 1.24 bits per heavy atom. The van der Waals surface area contributed by atoms with E-state index in [0.717, 1.165) is 23.8 Å². The lowest BCUT2D eigenvalue weighted by Gasteiger charge is -2.19. The first-order chi connectivity index (χ1) is 12.0. The Labute approximate surface area is 148 Å². The van der Waals surface area contributed by atoms with E-state index in [9.17, 15) is 4.79 Å². The minimum atomic E-state index is -0.225. The molecule has 25 heavy (non-hydrogen) atoms. The Balaban J connectivity index is 1.77. The van der Waals surface area contributed by atoms with E-state index in [-0.39, 0.29) is 5.97 Å². The molecule has 0 spiro atoms. The van der Waals surface area contributed by atoms with Gasteiger partial charge >= 0.3 is 5.97 Å². The third-order valence-corrected chi connectivity index (χ3v) is 4.29. The topological polar surface area (TPSA) is 48.7 Å². The predicted molar refractivity (Wildman–Crippen MR) is 98.1 cm³/mol. The van der Waals surface area contributed by atoms with Gasteiger partial charge in [0.25, 0.3) is 0 Å². The molecule has 0 aliphatic carbocycles. The number of hydrogen-bond donors (Lipinski definition) is 0. The number of furan rings is 1. The van der Waals surface area contributed by atoms with Gasteiger partial charge in [-0.25, -0.2) is 0 Å². The highest BCUT2D eigenvalue weighted by atomic mass is 16.6. The Morgan fingerprint density at radius 2 is 2.08 bits per heavy atom. The first-order valence-corrected chi connectivity index (χ1v) is 8.70. The molecule has 0 amide bonds. The van der Waals surface area contributed by atoms with Crippen molar-refractivity contribution in [3.05, 3.63) is 47.3 Å². The largest absolute Gasteiger partial charge is 0.482 e. The van der Waals surface area contributed by atoms with Gasteiger partial charge in [-0.1, -0.05) is 17.2 Å². The summed E-state index contributed by atoms with van der Waals surface area (Å²) in [6.07, 6.45) is 9.04. The number of hydrogen-bond acceptors (Lipinski definition) is 4. The maximum absolute atomic E-state index is 11.7. The van der Waals surface area contributed by atoms with Crippen molar-refractivity contribution in [2.75, 3.05) is 6.61 Å². The van der Waals surface area contributed by atoms with Crippen LogP contribution in [-0.2, 0) is 11.2 Å². The summed E-state index contributed by atoms with van der Waals surface area (Å²) >= 11 is 0. The number of esters is 1. The second-order valence-corrected chi connectivity index (χ2v) is 6.69. The zero-order valence-corrected chi connectivity index (χ0v) is 15.1. The second-order valence-electron chi connectivity index (χ2n) is 6.69. The van der Waals surface area contributed by atoms with E-state index in [2.05, 4.69) is 32.9 Å². The molecule has 0 unspecified atom stereocenters. The van der Waals surface area contributed by atoms with E-state index < -0.39 is 0 Å². The van der Waals surface area contributed by atoms with Crippen LogP contribution in [0, 0.1) is 0 Å². The van der Waals surface area contributed by atoms with Gasteiger partial charge in [-0.05, 0) is 58.2 Å². The number of aryl methyl sites for hydroxylation is 1. The molecule has 1 aromatic heterocycles. The predicted octanol–water partition coefficient (Wildman–Crippen LogP) is 5.36. The molecule has 0 saturated carbocycles. The second kappa shape index (κ2) is 7.60. The summed E-state index contributed by atoms with van der Waals surface area (Å²) in [5.74, 6) is 0.810. The molecule has 1 aliphatic heterocycles. The maximum atomic E-state index is 11.7. The summed E-state index contributed by atoms with van der Waals surface area (Å²) in [6.45, 7) is 6.74. The SMILES string of the molecule is CC(C)=CCCC(C)=CCOc1c2c(cc3ccoc13)CCC(=O)O2. The fourth-order valence-corrected chi connectivity index (χ4v) is 2.91. The highest BCUT2D eigenvalue weighted by molar-refractivity contribution is 5.90. The quantitative estimate of drug-likeness (QED) is 0.404. The van der Waals surface area contributed by atoms with Crippen LogP contribution in [0.2, 0.25) is 0 Å². The molecule has 0 atom stereocenters. The van der Waals surface area contributed by atoms with E-state index in [1.54, 1.807) is 6.26 Å². The number of carbonyl (C=O) groups is 1. The summed E-state index contributed by atoms with van der Waals surface area (Å²) in [6, 6.07) is 3.91. The maximum Gasteiger partial charge on any atom is 0.311 e. The Hall–Kier alpha value is -2.49. The Kier molecular flexibility index (Phi) is 5.27. The van der Waals surface area contributed by atoms with Crippen molar-refractivity contribution in [3.8, 4) is 11.5 Å². The average Bonchev–Trinajstić information content (AvgIpc) is 3.02. The van der Waals surface area contributed by atoms with E-state index in [1.807, 2.05) is 12.1 Å². The summed E-state index contributed by atoms with van der Waals surface area (Å²) in [5.41, 5.74) is 4.23. The van der Waals surface area contributed by atoms with Crippen LogP contribution in [0.5, 0.6) is 11.5 Å². The molecular weight excluding hydrogens is 316 g/mol. The van der Waals surface area contributed by atoms with Crippen LogP contribution in [0.3, 0.4) is 0 Å². The number of allylic oxidation sites excluding steroid dienone is 3. The van der Waals surface area contributed by atoms with Crippen LogP contribution in [0.15, 0.2) is 46.1 Å². The molecular formula is C21H24O4. The summed E-state index contributed by atoms with van der Waals surface area (Å²) < 4.78 is 17.0. The molecule has 2 heterocycles. The number of carbonyl (C=O) groups excluding carboxylic acids is 1. The lowest BCUT2D eigenvalue weighted by molar-refractivity contribution is -0.135. The summed E-state index contributed by atoms with van der Waals surface area (Å²) in [5, 5.41) is 0.968. The third kappa shape index (κ3) is 4.13. The van der Waals surface area contributed by atoms with Gasteiger partial charge in [0.15, 0.2) is 11.3 Å². The monoisotopic (exact) mass is 340 g/mol. The van der Waals surface area contributed by atoms with Gasteiger partial charge < -0.3 is 13.9 Å². The molecule has 0 N–H and O–H groups in total. The van der Waals surface area contributed by atoms with Crippen LogP contribution in [-0.4, -0.2) is 12.6 Å². The molecule has 0 saturated heterocycles. The summed E-state index contributed by atoms with van der Waals surface area (Å²) in [4.78, 5) is 11.7. The fourth-order valence-electron chi connectivity index (χ4n) is 2.91. The molecule has 4 heteroatoms. The first kappa shape index (κ1) is 17.3. The van der Waals surface area contributed by atoms with Crippen LogP contribution < -0.4 is 9.47 Å². The third-order valence-electron chi connectivity index (χ3n) is 4.29. The number of ether oxygens (including phenoxy) is 2. The standard InChI is InChI=1S/C21H24O4/c1-14(2)5-4-6-15(3)9-11-24-21-19-17(10-12-23-19)13-16-7-8-18(22)25-20(16)21/h5,9-10,12-13H,4,6-8,11H2,1-3H3. The molecule has 2 aromatic rings. The molecule has 0 bridgehead atoms. The van der Waals surface area contributed by atoms with Crippen LogP contribution >= 0.6 is 0 Å². The van der Waals surface area contributed by atoms with Crippen molar-refractivity contribution in [1.82, 2.24) is 0 Å². The molecule has 4 nitrogen and oxygen atoms in total. The van der Waals surface area contributed by atoms with Gasteiger partial charge in [0.2, 0.25) is 5.75 Å². The fraction of sp³-hybridized carbons (Fsp3) is 0.381. The first-order valence-electron chi connectivity index (χ1n) is 8.70. The Morgan fingerprint density at radius 3 is 2.88 bits per heavy atom. The normalized spacial score (nSPS) is 14.2. The van der Waals surface area contributed by atoms with Crippen LogP contribution in [0.1, 0.15) is 45.6 Å². The molecule has 0 radical (unpaired) electrons. The smallest absolute Gasteiger partial charge is 0.311 e. The van der Waals surface area contributed by atoms with Gasteiger partial charge in [0, 0.05) is 10.9 Å². The van der Waals surface area contributed by atoms with E-state index >= 15 is 0 Å². The van der Waals surface area contributed by atoms with Crippen molar-refractivity contribution >= 4 is 16.9 Å². The lowest BCUT2D eigenvalue weighted by Crippen LogP contribution is -2.16. The Bertz CT molecular complexity index is 835.